The van der Waals surface area contributed by atoms with Crippen molar-refractivity contribution in [3.8, 4) is 0 Å². The lowest BCUT2D eigenvalue weighted by Crippen LogP contribution is -2.10. The molecule has 108 valence electrons. The number of nitrogens with zero attached hydrogens (tertiary/aromatic N) is 2. The predicted molar refractivity (Wildman–Crippen MR) is 89.9 cm³/mol. The molecule has 2 aromatic heterocycles. The van der Waals surface area contributed by atoms with Gasteiger partial charge in [0.15, 0.2) is 0 Å². The monoisotopic (exact) mass is 298 g/mol. The molecule has 2 N–H and O–H groups in total. The minimum absolute atomic E-state index is 0.431. The van der Waals surface area contributed by atoms with Crippen LogP contribution in [0.2, 0.25) is 0 Å². The van der Waals surface area contributed by atoms with Crippen LogP contribution in [-0.4, -0.2) is 16.0 Å². The Morgan fingerprint density at radius 1 is 1.19 bits per heavy atom. The molecule has 3 rings (SSSR count). The minimum atomic E-state index is 0.431. The normalized spacial score (nSPS) is 11.0. The van der Waals surface area contributed by atoms with E-state index in [0.29, 0.717) is 6.04 Å². The van der Waals surface area contributed by atoms with Gasteiger partial charge >= 0.3 is 0 Å². The van der Waals surface area contributed by atoms with Crippen molar-refractivity contribution in [3.63, 3.8) is 0 Å². The quantitative estimate of drug-likeness (QED) is 0.744. The van der Waals surface area contributed by atoms with Crippen molar-refractivity contribution in [2.24, 2.45) is 0 Å². The Morgan fingerprint density at radius 3 is 2.95 bits per heavy atom. The number of benzene rings is 1. The van der Waals surface area contributed by atoms with Gasteiger partial charge in [-0.05, 0) is 43.0 Å². The van der Waals surface area contributed by atoms with E-state index in [1.807, 2.05) is 5.38 Å². The van der Waals surface area contributed by atoms with Crippen molar-refractivity contribution in [3.05, 3.63) is 47.6 Å². The summed E-state index contributed by atoms with van der Waals surface area (Å²) in [6.45, 7) is 5.02. The van der Waals surface area contributed by atoms with Gasteiger partial charge in [0.05, 0.1) is 5.39 Å². The SMILES string of the molecule is CC(C)Nc1cccc(CNc2ncnc3sccc23)c1. The molecule has 0 fully saturated rings. The molecule has 0 amide bonds. The van der Waals surface area contributed by atoms with Gasteiger partial charge in [-0.15, -0.1) is 11.3 Å². The summed E-state index contributed by atoms with van der Waals surface area (Å²) in [4.78, 5) is 9.61. The zero-order chi connectivity index (χ0) is 14.7. The van der Waals surface area contributed by atoms with E-state index in [2.05, 4.69) is 64.8 Å². The van der Waals surface area contributed by atoms with Crippen LogP contribution in [-0.2, 0) is 6.54 Å². The molecule has 4 nitrogen and oxygen atoms in total. The summed E-state index contributed by atoms with van der Waals surface area (Å²) in [7, 11) is 0. The first-order chi connectivity index (χ1) is 10.2. The Balaban J connectivity index is 1.74. The molecular formula is C16H18N4S. The molecule has 21 heavy (non-hydrogen) atoms. The molecule has 0 saturated carbocycles. The second kappa shape index (κ2) is 6.10. The molecule has 5 heteroatoms. The fourth-order valence-corrected chi connectivity index (χ4v) is 2.95. The molecule has 0 aliphatic rings. The first-order valence-electron chi connectivity index (χ1n) is 7.00. The van der Waals surface area contributed by atoms with Gasteiger partial charge < -0.3 is 10.6 Å². The van der Waals surface area contributed by atoms with Crippen molar-refractivity contribution < 1.29 is 0 Å². The van der Waals surface area contributed by atoms with E-state index in [9.17, 15) is 0 Å². The summed E-state index contributed by atoms with van der Waals surface area (Å²) in [5, 5.41) is 9.94. The highest BCUT2D eigenvalue weighted by Crippen LogP contribution is 2.24. The van der Waals surface area contributed by atoms with Crippen LogP contribution in [0.25, 0.3) is 10.2 Å². The largest absolute Gasteiger partial charge is 0.383 e. The maximum absolute atomic E-state index is 4.33. The maximum atomic E-state index is 4.33. The van der Waals surface area contributed by atoms with E-state index >= 15 is 0 Å². The number of fused-ring (bicyclic) bond motifs is 1. The Morgan fingerprint density at radius 2 is 2.10 bits per heavy atom. The van der Waals surface area contributed by atoms with Gasteiger partial charge in [-0.1, -0.05) is 12.1 Å². The molecule has 0 aliphatic carbocycles. The van der Waals surface area contributed by atoms with Gasteiger partial charge in [-0.25, -0.2) is 9.97 Å². The van der Waals surface area contributed by atoms with Crippen LogP contribution in [0.5, 0.6) is 0 Å². The zero-order valence-corrected chi connectivity index (χ0v) is 12.9. The minimum Gasteiger partial charge on any atom is -0.383 e. The van der Waals surface area contributed by atoms with Crippen molar-refractivity contribution in [2.45, 2.75) is 26.4 Å². The highest BCUT2D eigenvalue weighted by atomic mass is 32.1. The van der Waals surface area contributed by atoms with E-state index in [1.165, 1.54) is 5.56 Å². The summed E-state index contributed by atoms with van der Waals surface area (Å²) in [6.07, 6.45) is 1.61. The Kier molecular flexibility index (Phi) is 4.01. The van der Waals surface area contributed by atoms with Crippen LogP contribution < -0.4 is 10.6 Å². The number of aromatic nitrogens is 2. The second-order valence-corrected chi connectivity index (χ2v) is 6.11. The smallest absolute Gasteiger partial charge is 0.138 e. The number of hydrogen-bond donors (Lipinski definition) is 2. The van der Waals surface area contributed by atoms with Crippen molar-refractivity contribution in [2.75, 3.05) is 10.6 Å². The third-order valence-corrected chi connectivity index (χ3v) is 3.92. The van der Waals surface area contributed by atoms with E-state index in [0.717, 1.165) is 28.3 Å². The lowest BCUT2D eigenvalue weighted by molar-refractivity contribution is 0.899. The highest BCUT2D eigenvalue weighted by molar-refractivity contribution is 7.16. The van der Waals surface area contributed by atoms with Crippen LogP contribution >= 0.6 is 11.3 Å². The number of hydrogen-bond acceptors (Lipinski definition) is 5. The third-order valence-electron chi connectivity index (χ3n) is 3.10. The second-order valence-electron chi connectivity index (χ2n) is 5.21. The summed E-state index contributed by atoms with van der Waals surface area (Å²) < 4.78 is 0. The van der Waals surface area contributed by atoms with Crippen LogP contribution in [0.15, 0.2) is 42.0 Å². The van der Waals surface area contributed by atoms with E-state index in [1.54, 1.807) is 17.7 Å². The predicted octanol–water partition coefficient (Wildman–Crippen LogP) is 4.12. The van der Waals surface area contributed by atoms with Gasteiger partial charge in [-0.3, -0.25) is 0 Å². The summed E-state index contributed by atoms with van der Waals surface area (Å²) in [5.74, 6) is 0.892. The molecule has 0 saturated heterocycles. The standard InChI is InChI=1S/C16H18N4S/c1-11(2)20-13-5-3-4-12(8-13)9-17-15-14-6-7-21-16(14)19-10-18-15/h3-8,10-11,20H,9H2,1-2H3,(H,17,18,19). The first kappa shape index (κ1) is 13.8. The third kappa shape index (κ3) is 3.31. The van der Waals surface area contributed by atoms with E-state index in [4.69, 9.17) is 0 Å². The van der Waals surface area contributed by atoms with Gasteiger partial charge in [0.1, 0.15) is 17.0 Å². The highest BCUT2D eigenvalue weighted by Gasteiger charge is 2.04. The molecule has 0 bridgehead atoms. The molecule has 3 aromatic rings. The van der Waals surface area contributed by atoms with Gasteiger partial charge in [-0.2, -0.15) is 0 Å². The molecule has 0 spiro atoms. The van der Waals surface area contributed by atoms with Crippen molar-refractivity contribution in [1.29, 1.82) is 0 Å². The van der Waals surface area contributed by atoms with E-state index in [-0.39, 0.29) is 0 Å². The van der Waals surface area contributed by atoms with Gasteiger partial charge in [0.25, 0.3) is 0 Å². The number of rotatable bonds is 5. The van der Waals surface area contributed by atoms with Crippen molar-refractivity contribution >= 4 is 33.1 Å². The summed E-state index contributed by atoms with van der Waals surface area (Å²) in [5.41, 5.74) is 2.37. The number of thiophene rings is 1. The lowest BCUT2D eigenvalue weighted by atomic mass is 10.2. The van der Waals surface area contributed by atoms with E-state index < -0.39 is 0 Å². The molecular weight excluding hydrogens is 280 g/mol. The average molecular weight is 298 g/mol. The van der Waals surface area contributed by atoms with Crippen LogP contribution in [0.4, 0.5) is 11.5 Å². The van der Waals surface area contributed by atoms with Gasteiger partial charge in [0, 0.05) is 18.3 Å². The Hall–Kier alpha value is -2.14. The van der Waals surface area contributed by atoms with Crippen LogP contribution in [0.3, 0.4) is 0 Å². The molecule has 0 radical (unpaired) electrons. The fraction of sp³-hybridized carbons (Fsp3) is 0.250. The molecule has 0 atom stereocenters. The Bertz CT molecular complexity index is 736. The topological polar surface area (TPSA) is 49.8 Å². The van der Waals surface area contributed by atoms with Crippen LogP contribution in [0.1, 0.15) is 19.4 Å². The molecule has 1 aromatic carbocycles. The average Bonchev–Trinajstić information content (AvgIpc) is 2.93. The van der Waals surface area contributed by atoms with Crippen LogP contribution in [0, 0.1) is 0 Å². The Labute approximate surface area is 128 Å². The molecule has 0 aliphatic heterocycles. The summed E-state index contributed by atoms with van der Waals surface area (Å²) in [6, 6.07) is 10.9. The van der Waals surface area contributed by atoms with Gasteiger partial charge in [0.2, 0.25) is 0 Å². The molecule has 2 heterocycles. The number of anilines is 2. The summed E-state index contributed by atoms with van der Waals surface area (Å²) >= 11 is 1.63. The number of nitrogens with one attached hydrogen (secondary N) is 2. The maximum Gasteiger partial charge on any atom is 0.138 e. The fourth-order valence-electron chi connectivity index (χ4n) is 2.22. The lowest BCUT2D eigenvalue weighted by Gasteiger charge is -2.12. The van der Waals surface area contributed by atoms with Crippen molar-refractivity contribution in [1.82, 2.24) is 9.97 Å². The molecule has 0 unspecified atom stereocenters. The zero-order valence-electron chi connectivity index (χ0n) is 12.1. The first-order valence-corrected chi connectivity index (χ1v) is 7.88.